The topological polar surface area (TPSA) is 132 Å². The molecule has 2 fully saturated rings. The first-order chi connectivity index (χ1) is 29.2. The van der Waals surface area contributed by atoms with Crippen molar-refractivity contribution >= 4 is 34.5 Å². The Kier molecular flexibility index (Phi) is 12.1. The molecule has 2 amide bonds. The van der Waals surface area contributed by atoms with Crippen molar-refractivity contribution in [3.05, 3.63) is 138 Å². The molecule has 2 saturated heterocycles. The summed E-state index contributed by atoms with van der Waals surface area (Å²) < 4.78 is 5.20. The third-order valence-electron chi connectivity index (χ3n) is 12.0. The van der Waals surface area contributed by atoms with Crippen LogP contribution in [0.2, 0.25) is 0 Å². The molecule has 4 heterocycles. The highest BCUT2D eigenvalue weighted by Crippen LogP contribution is 2.36. The second-order valence-electron chi connectivity index (χ2n) is 16.1. The van der Waals surface area contributed by atoms with Gasteiger partial charge in [-0.05, 0) is 92.7 Å². The van der Waals surface area contributed by atoms with E-state index in [1.165, 1.54) is 0 Å². The van der Waals surface area contributed by atoms with E-state index in [0.29, 0.717) is 19.5 Å². The number of hydrogen-bond donors (Lipinski definition) is 2. The molecule has 2 aromatic heterocycles. The van der Waals surface area contributed by atoms with Gasteiger partial charge in [0.1, 0.15) is 11.9 Å². The van der Waals surface area contributed by atoms with Crippen LogP contribution in [-0.2, 0) is 30.3 Å². The number of rotatable bonds is 14. The van der Waals surface area contributed by atoms with Crippen molar-refractivity contribution in [1.82, 2.24) is 29.7 Å². The molecule has 60 heavy (non-hydrogen) atoms. The Hall–Kier alpha value is -6.33. The second-order valence-corrected chi connectivity index (χ2v) is 16.1. The van der Waals surface area contributed by atoms with Crippen LogP contribution in [0.25, 0.3) is 33.4 Å². The number of carbonyl (C=O) groups is 4. The monoisotopic (exact) mass is 804 g/mol. The predicted octanol–water partition coefficient (Wildman–Crippen LogP) is 8.03. The van der Waals surface area contributed by atoms with E-state index >= 15 is 0 Å². The van der Waals surface area contributed by atoms with Gasteiger partial charge in [-0.15, -0.1) is 0 Å². The lowest BCUT2D eigenvalue weighted by molar-refractivity contribution is -0.147. The van der Waals surface area contributed by atoms with Gasteiger partial charge in [-0.3, -0.25) is 24.1 Å². The molecule has 0 unspecified atom stereocenters. The molecule has 4 aromatic carbocycles. The minimum atomic E-state index is -0.707. The van der Waals surface area contributed by atoms with Crippen molar-refractivity contribution in [2.75, 3.05) is 33.8 Å². The Labute approximate surface area is 350 Å². The van der Waals surface area contributed by atoms with Crippen LogP contribution in [0.1, 0.15) is 79.5 Å². The Morgan fingerprint density at radius 2 is 1.43 bits per heavy atom. The summed E-state index contributed by atoms with van der Waals surface area (Å²) in [4.78, 5) is 71.7. The Morgan fingerprint density at radius 1 is 0.767 bits per heavy atom. The van der Waals surface area contributed by atoms with Crippen molar-refractivity contribution in [2.45, 2.75) is 69.5 Å². The Balaban J connectivity index is 0.930. The van der Waals surface area contributed by atoms with Gasteiger partial charge in [-0.2, -0.15) is 0 Å². The number of fused-ring (bicyclic) bond motifs is 1. The summed E-state index contributed by atoms with van der Waals surface area (Å²) in [5.74, 6) is -0.466. The zero-order chi connectivity index (χ0) is 41.8. The van der Waals surface area contributed by atoms with Crippen molar-refractivity contribution in [1.29, 1.82) is 0 Å². The highest BCUT2D eigenvalue weighted by molar-refractivity contribution is 5.95. The summed E-state index contributed by atoms with van der Waals surface area (Å²) in [6.45, 7) is 3.17. The molecule has 11 heteroatoms. The molecule has 0 bridgehead atoms. The average Bonchev–Trinajstić information content (AvgIpc) is 4.10. The number of aromatic amines is 2. The summed E-state index contributed by atoms with van der Waals surface area (Å²) in [5, 5.41) is 0.995. The number of benzene rings is 4. The van der Waals surface area contributed by atoms with Gasteiger partial charge in [0, 0.05) is 36.1 Å². The standard InChI is InChI=1S/C49H52N6O5/c1-4-60-45(57)30-38(33-13-7-5-8-14-33)48(58)54-25-11-17-42(54)44(56)28-32-19-24-39-37(27-32)29-40(51-39)34-20-22-35(23-21-34)41-31-50-47(52-41)43-18-12-26-55(43)49(59)46(53(2)3)36-15-9-6-10-16-36/h5-10,13-16,19-24,27,29,31,38,42-43,46,51H,4,11-12,17-18,25-26,28,30H2,1-3H3,(H,50,52)/t38-,42+,43+,46-/m1/s1. The molecular weight excluding hydrogens is 753 g/mol. The molecule has 11 nitrogen and oxygen atoms in total. The van der Waals surface area contributed by atoms with Crippen LogP contribution in [0.4, 0.5) is 0 Å². The summed E-state index contributed by atoms with van der Waals surface area (Å²) in [6, 6.07) is 34.6. The fraction of sp³-hybridized carbons (Fsp3) is 0.327. The number of Topliss-reactive ketones (excluding diaryl/α,β-unsaturated/α-hetero) is 1. The van der Waals surface area contributed by atoms with Gasteiger partial charge in [-0.25, -0.2) is 4.98 Å². The van der Waals surface area contributed by atoms with Gasteiger partial charge < -0.3 is 24.5 Å². The van der Waals surface area contributed by atoms with Gasteiger partial charge >= 0.3 is 5.97 Å². The zero-order valence-corrected chi connectivity index (χ0v) is 34.5. The maximum atomic E-state index is 14.0. The van der Waals surface area contributed by atoms with Crippen molar-refractivity contribution < 1.29 is 23.9 Å². The molecule has 2 aliphatic rings. The molecule has 2 N–H and O–H groups in total. The summed E-state index contributed by atoms with van der Waals surface area (Å²) in [5.41, 5.74) is 7.44. The van der Waals surface area contributed by atoms with E-state index in [0.717, 1.165) is 75.2 Å². The zero-order valence-electron chi connectivity index (χ0n) is 34.5. The first-order valence-electron chi connectivity index (χ1n) is 21.0. The fourth-order valence-corrected chi connectivity index (χ4v) is 9.00. The minimum absolute atomic E-state index is 0.00589. The number of likely N-dealkylation sites (N-methyl/N-ethyl adjacent to an activating group) is 1. The van der Waals surface area contributed by atoms with Gasteiger partial charge in [0.25, 0.3) is 0 Å². The number of nitrogens with zero attached hydrogens (tertiary/aromatic N) is 4. The molecule has 0 aliphatic carbocycles. The molecule has 4 atom stereocenters. The lowest BCUT2D eigenvalue weighted by atomic mass is 9.93. The summed E-state index contributed by atoms with van der Waals surface area (Å²) in [6.07, 6.45) is 5.10. The number of H-pyrrole nitrogens is 2. The number of hydrogen-bond acceptors (Lipinski definition) is 7. The SMILES string of the molecule is CCOC(=O)C[C@@H](C(=O)N1CCC[C@H]1C(=O)Cc1ccc2[nH]c(-c3ccc(-c4cnc([C@@H]5CCCN5C(=O)[C@@H](c5ccccc5)N(C)C)[nH]4)cc3)cc2c1)c1ccccc1. The van der Waals surface area contributed by atoms with E-state index in [-0.39, 0.29) is 49.1 Å². The van der Waals surface area contributed by atoms with Gasteiger partial charge in [-0.1, -0.05) is 91.0 Å². The number of likely N-dealkylation sites (tertiary alicyclic amines) is 2. The Bertz CT molecular complexity index is 2460. The number of esters is 1. The lowest BCUT2D eigenvalue weighted by Crippen LogP contribution is -2.44. The molecule has 0 saturated carbocycles. The van der Waals surface area contributed by atoms with Crippen molar-refractivity contribution in [3.8, 4) is 22.5 Å². The smallest absolute Gasteiger partial charge is 0.306 e. The molecule has 0 radical (unpaired) electrons. The minimum Gasteiger partial charge on any atom is -0.466 e. The predicted molar refractivity (Wildman–Crippen MR) is 232 cm³/mol. The van der Waals surface area contributed by atoms with Crippen molar-refractivity contribution in [2.24, 2.45) is 0 Å². The molecule has 308 valence electrons. The second kappa shape index (κ2) is 17.9. The summed E-state index contributed by atoms with van der Waals surface area (Å²) >= 11 is 0. The van der Waals surface area contributed by atoms with Gasteiger partial charge in [0.05, 0.1) is 42.9 Å². The highest BCUT2D eigenvalue weighted by atomic mass is 16.5. The van der Waals surface area contributed by atoms with E-state index in [9.17, 15) is 19.2 Å². The third-order valence-corrected chi connectivity index (χ3v) is 12.0. The molecule has 2 aliphatic heterocycles. The number of carbonyl (C=O) groups excluding carboxylic acids is 4. The van der Waals surface area contributed by atoms with Gasteiger partial charge in [0.15, 0.2) is 5.78 Å². The van der Waals surface area contributed by atoms with Crippen LogP contribution in [0.3, 0.4) is 0 Å². The first kappa shape index (κ1) is 40.4. The van der Waals surface area contributed by atoms with Crippen LogP contribution in [-0.4, -0.2) is 93.1 Å². The van der Waals surface area contributed by atoms with Gasteiger partial charge in [0.2, 0.25) is 11.8 Å². The van der Waals surface area contributed by atoms with Crippen LogP contribution in [0.5, 0.6) is 0 Å². The highest BCUT2D eigenvalue weighted by Gasteiger charge is 2.39. The number of ketones is 1. The summed E-state index contributed by atoms with van der Waals surface area (Å²) in [7, 11) is 3.89. The maximum absolute atomic E-state index is 14.0. The van der Waals surface area contributed by atoms with Crippen LogP contribution >= 0.6 is 0 Å². The Morgan fingerprint density at radius 3 is 2.13 bits per heavy atom. The van der Waals surface area contributed by atoms with Crippen LogP contribution < -0.4 is 0 Å². The number of nitrogens with one attached hydrogen (secondary N) is 2. The van der Waals surface area contributed by atoms with Crippen molar-refractivity contribution in [3.63, 3.8) is 0 Å². The number of imidazole rings is 1. The lowest BCUT2D eigenvalue weighted by Gasteiger charge is -2.31. The molecular formula is C49H52N6O5. The quantitative estimate of drug-likeness (QED) is 0.107. The third kappa shape index (κ3) is 8.54. The largest absolute Gasteiger partial charge is 0.466 e. The molecule has 8 rings (SSSR count). The van der Waals surface area contributed by atoms with E-state index in [2.05, 4.69) is 40.3 Å². The number of ether oxygens (including phenoxy) is 1. The first-order valence-corrected chi connectivity index (χ1v) is 21.0. The molecule has 6 aromatic rings. The van der Waals surface area contributed by atoms with E-state index in [1.54, 1.807) is 11.8 Å². The number of aromatic nitrogens is 3. The normalized spacial score (nSPS) is 17.6. The van der Waals surface area contributed by atoms with Crippen LogP contribution in [0, 0.1) is 0 Å². The maximum Gasteiger partial charge on any atom is 0.306 e. The number of amides is 2. The van der Waals surface area contributed by atoms with Crippen LogP contribution in [0.15, 0.2) is 115 Å². The van der Waals surface area contributed by atoms with E-state index in [4.69, 9.17) is 9.72 Å². The van der Waals surface area contributed by atoms with E-state index < -0.39 is 17.9 Å². The fourth-order valence-electron chi connectivity index (χ4n) is 9.00. The van der Waals surface area contributed by atoms with E-state index in [1.807, 2.05) is 109 Å². The molecule has 0 spiro atoms. The average molecular weight is 805 g/mol.